The van der Waals surface area contributed by atoms with Gasteiger partial charge >= 0.3 is 0 Å². The fourth-order valence-corrected chi connectivity index (χ4v) is 4.21. The number of aromatic nitrogens is 5. The average molecular weight is 412 g/mol. The molecule has 6 nitrogen and oxygen atoms in total. The van der Waals surface area contributed by atoms with Crippen molar-refractivity contribution in [1.82, 2.24) is 24.7 Å². The summed E-state index contributed by atoms with van der Waals surface area (Å²) in [6, 6.07) is 16.6. The molecule has 1 aromatic carbocycles. The highest BCUT2D eigenvalue weighted by atomic mass is 16.3. The maximum Gasteiger partial charge on any atom is 0.112 e. The maximum atomic E-state index is 9.85. The average Bonchev–Trinajstić information content (AvgIpc) is 3.44. The van der Waals surface area contributed by atoms with Crippen LogP contribution < -0.4 is 0 Å². The van der Waals surface area contributed by atoms with Crippen molar-refractivity contribution in [2.75, 3.05) is 0 Å². The van der Waals surface area contributed by atoms with Crippen molar-refractivity contribution in [3.63, 3.8) is 0 Å². The molecular formula is C25H25N5O. The Bertz CT molecular complexity index is 1220. The van der Waals surface area contributed by atoms with Crippen LogP contribution in [0.4, 0.5) is 0 Å². The summed E-state index contributed by atoms with van der Waals surface area (Å²) in [6.45, 7) is 3.86. The van der Waals surface area contributed by atoms with Gasteiger partial charge in [-0.05, 0) is 67.9 Å². The molecule has 1 fully saturated rings. The van der Waals surface area contributed by atoms with Gasteiger partial charge in [-0.1, -0.05) is 30.3 Å². The number of hydrogen-bond acceptors (Lipinski definition) is 5. The number of aliphatic hydroxyl groups excluding tert-OH is 1. The van der Waals surface area contributed by atoms with Crippen LogP contribution >= 0.6 is 0 Å². The number of imidazole rings is 1. The Labute approximate surface area is 181 Å². The largest absolute Gasteiger partial charge is 0.390 e. The van der Waals surface area contributed by atoms with Crippen LogP contribution in [0, 0.1) is 19.8 Å². The quantitative estimate of drug-likeness (QED) is 0.515. The van der Waals surface area contributed by atoms with Crippen molar-refractivity contribution in [2.24, 2.45) is 5.92 Å². The molecule has 3 heterocycles. The number of aryl methyl sites for hydroxylation is 2. The molecule has 5 rings (SSSR count). The number of aliphatic hydroxyl groups is 1. The molecule has 1 unspecified atom stereocenters. The van der Waals surface area contributed by atoms with Crippen molar-refractivity contribution in [1.29, 1.82) is 0 Å². The molecule has 1 aliphatic rings. The molecular weight excluding hydrogens is 386 g/mol. The van der Waals surface area contributed by atoms with E-state index in [4.69, 9.17) is 0 Å². The molecule has 3 aromatic heterocycles. The summed E-state index contributed by atoms with van der Waals surface area (Å²) in [5.41, 5.74) is 7.35. The second kappa shape index (κ2) is 8.04. The Balaban J connectivity index is 1.35. The monoisotopic (exact) mass is 411 g/mol. The van der Waals surface area contributed by atoms with Crippen LogP contribution in [-0.4, -0.2) is 29.8 Å². The Hall–Kier alpha value is -3.38. The Morgan fingerprint density at radius 1 is 1.00 bits per heavy atom. The first kappa shape index (κ1) is 19.6. The van der Waals surface area contributed by atoms with Gasteiger partial charge in [-0.2, -0.15) is 5.10 Å². The zero-order valence-corrected chi connectivity index (χ0v) is 17.7. The van der Waals surface area contributed by atoms with Gasteiger partial charge in [0.05, 0.1) is 41.4 Å². The third kappa shape index (κ3) is 3.99. The lowest BCUT2D eigenvalue weighted by molar-refractivity contribution is 0.276. The molecule has 1 aliphatic carbocycles. The summed E-state index contributed by atoms with van der Waals surface area (Å²) >= 11 is 0. The van der Waals surface area contributed by atoms with Crippen LogP contribution in [0.3, 0.4) is 0 Å². The number of rotatable bonds is 6. The summed E-state index contributed by atoms with van der Waals surface area (Å²) < 4.78 is 1.87. The highest BCUT2D eigenvalue weighted by molar-refractivity contribution is 5.57. The Morgan fingerprint density at radius 3 is 2.55 bits per heavy atom. The van der Waals surface area contributed by atoms with E-state index in [0.29, 0.717) is 23.2 Å². The Morgan fingerprint density at radius 2 is 1.84 bits per heavy atom. The standard InChI is InChI=1S/C25H25N5O/c1-16-10-23(21-8-9-25(24(14-31)27-21)30-13-17(2)26-15-30)29-28-22(16)12-19-11-20(19)18-6-4-3-5-7-18/h3-10,13,15,19-20,31H,11-12,14H2,1-2H3/t19?,20-/m0/s1. The molecule has 4 aromatic rings. The fourth-order valence-electron chi connectivity index (χ4n) is 4.21. The molecule has 1 saturated carbocycles. The lowest BCUT2D eigenvalue weighted by Gasteiger charge is -2.10. The van der Waals surface area contributed by atoms with E-state index in [-0.39, 0.29) is 6.61 Å². The zero-order valence-electron chi connectivity index (χ0n) is 17.7. The maximum absolute atomic E-state index is 9.85. The summed E-state index contributed by atoms with van der Waals surface area (Å²) in [4.78, 5) is 8.90. The molecule has 0 saturated heterocycles. The van der Waals surface area contributed by atoms with E-state index in [9.17, 15) is 5.11 Å². The van der Waals surface area contributed by atoms with Crippen molar-refractivity contribution in [3.8, 4) is 17.1 Å². The highest BCUT2D eigenvalue weighted by Crippen LogP contribution is 2.49. The number of pyridine rings is 1. The third-order valence-electron chi connectivity index (χ3n) is 6.04. The second-order valence-corrected chi connectivity index (χ2v) is 8.32. The van der Waals surface area contributed by atoms with E-state index < -0.39 is 0 Å². The molecule has 0 radical (unpaired) electrons. The molecule has 6 heteroatoms. The van der Waals surface area contributed by atoms with Crippen molar-refractivity contribution < 1.29 is 5.11 Å². The lowest BCUT2D eigenvalue weighted by Crippen LogP contribution is -2.04. The van der Waals surface area contributed by atoms with Gasteiger partial charge in [-0.15, -0.1) is 5.10 Å². The second-order valence-electron chi connectivity index (χ2n) is 8.32. The molecule has 156 valence electrons. The van der Waals surface area contributed by atoms with E-state index in [1.165, 1.54) is 12.0 Å². The fraction of sp³-hybridized carbons (Fsp3) is 0.280. The van der Waals surface area contributed by atoms with Crippen molar-refractivity contribution in [3.05, 3.63) is 89.3 Å². The molecule has 0 bridgehead atoms. The smallest absolute Gasteiger partial charge is 0.112 e. The minimum absolute atomic E-state index is 0.159. The SMILES string of the molecule is Cc1cn(-c2ccc(-c3cc(C)c(CC4C[C@H]4c4ccccc4)nn3)nc2CO)cn1. The summed E-state index contributed by atoms with van der Waals surface area (Å²) in [7, 11) is 0. The van der Waals surface area contributed by atoms with Gasteiger partial charge < -0.3 is 9.67 Å². The summed E-state index contributed by atoms with van der Waals surface area (Å²) in [6.07, 6.45) is 5.80. The first-order chi connectivity index (χ1) is 15.1. The van der Waals surface area contributed by atoms with E-state index >= 15 is 0 Å². The lowest BCUT2D eigenvalue weighted by atomic mass is 10.0. The first-order valence-corrected chi connectivity index (χ1v) is 10.6. The summed E-state index contributed by atoms with van der Waals surface area (Å²) in [5, 5.41) is 18.8. The minimum atomic E-state index is -0.159. The van der Waals surface area contributed by atoms with E-state index in [2.05, 4.69) is 57.4 Å². The van der Waals surface area contributed by atoms with Crippen molar-refractivity contribution in [2.45, 2.75) is 39.2 Å². The molecule has 1 N–H and O–H groups in total. The van der Waals surface area contributed by atoms with Gasteiger partial charge in [-0.25, -0.2) is 9.97 Å². The molecule has 0 amide bonds. The van der Waals surface area contributed by atoms with Crippen LogP contribution in [0.25, 0.3) is 17.1 Å². The van der Waals surface area contributed by atoms with Crippen LogP contribution in [0.15, 0.2) is 61.1 Å². The van der Waals surface area contributed by atoms with Gasteiger partial charge in [0.1, 0.15) is 5.69 Å². The predicted octanol–water partition coefficient (Wildman–Crippen LogP) is 4.18. The Kier molecular flexibility index (Phi) is 5.08. The normalized spacial score (nSPS) is 17.6. The van der Waals surface area contributed by atoms with Gasteiger partial charge in [0.2, 0.25) is 0 Å². The summed E-state index contributed by atoms with van der Waals surface area (Å²) in [5.74, 6) is 1.27. The number of hydrogen-bond donors (Lipinski definition) is 1. The van der Waals surface area contributed by atoms with E-state index in [1.54, 1.807) is 6.33 Å². The van der Waals surface area contributed by atoms with Crippen LogP contribution in [-0.2, 0) is 13.0 Å². The van der Waals surface area contributed by atoms with Gasteiger partial charge in [-0.3, -0.25) is 0 Å². The topological polar surface area (TPSA) is 76.7 Å². The third-order valence-corrected chi connectivity index (χ3v) is 6.04. The highest BCUT2D eigenvalue weighted by Gasteiger charge is 2.38. The molecule has 0 aliphatic heterocycles. The van der Waals surface area contributed by atoms with E-state index in [0.717, 1.165) is 34.8 Å². The van der Waals surface area contributed by atoms with Gasteiger partial charge in [0, 0.05) is 6.20 Å². The number of benzene rings is 1. The minimum Gasteiger partial charge on any atom is -0.390 e. The van der Waals surface area contributed by atoms with Crippen LogP contribution in [0.5, 0.6) is 0 Å². The van der Waals surface area contributed by atoms with Gasteiger partial charge in [0.15, 0.2) is 0 Å². The van der Waals surface area contributed by atoms with Crippen molar-refractivity contribution >= 4 is 0 Å². The van der Waals surface area contributed by atoms with Crippen LogP contribution in [0.1, 0.15) is 40.5 Å². The molecule has 0 spiro atoms. The predicted molar refractivity (Wildman–Crippen MR) is 119 cm³/mol. The molecule has 31 heavy (non-hydrogen) atoms. The van der Waals surface area contributed by atoms with E-state index in [1.807, 2.05) is 35.9 Å². The number of nitrogens with zero attached hydrogens (tertiary/aromatic N) is 5. The zero-order chi connectivity index (χ0) is 21.4. The van der Waals surface area contributed by atoms with Gasteiger partial charge in [0.25, 0.3) is 0 Å². The first-order valence-electron chi connectivity index (χ1n) is 10.6. The molecule has 2 atom stereocenters. The van der Waals surface area contributed by atoms with Crippen LogP contribution in [0.2, 0.25) is 0 Å².